The summed E-state index contributed by atoms with van der Waals surface area (Å²) in [6, 6.07) is 9.30. The van der Waals surface area contributed by atoms with Crippen molar-refractivity contribution in [3.05, 3.63) is 64.4 Å². The number of carbonyl (C=O) groups is 2. The van der Waals surface area contributed by atoms with Gasteiger partial charge in [-0.3, -0.25) is 9.79 Å². The summed E-state index contributed by atoms with van der Waals surface area (Å²) >= 11 is 6.05. The van der Waals surface area contributed by atoms with Crippen LogP contribution >= 0.6 is 11.6 Å². The molecule has 0 radical (unpaired) electrons. The second kappa shape index (κ2) is 7.03. The van der Waals surface area contributed by atoms with E-state index in [9.17, 15) is 14.0 Å². The first-order valence-electron chi connectivity index (χ1n) is 7.61. The molecule has 1 atom stereocenters. The van der Waals surface area contributed by atoms with E-state index in [4.69, 9.17) is 16.3 Å². The number of rotatable bonds is 3. The lowest BCUT2D eigenvalue weighted by atomic mass is 10.1. The summed E-state index contributed by atoms with van der Waals surface area (Å²) in [5.41, 5.74) is 1.14. The third kappa shape index (κ3) is 3.39. The van der Waals surface area contributed by atoms with Crippen LogP contribution in [0.3, 0.4) is 0 Å². The van der Waals surface area contributed by atoms with Crippen LogP contribution in [-0.2, 0) is 14.3 Å². The largest absolute Gasteiger partial charge is 0.464 e. The Morgan fingerprint density at radius 1 is 1.28 bits per heavy atom. The van der Waals surface area contributed by atoms with Crippen LogP contribution in [0.25, 0.3) is 0 Å². The Labute approximate surface area is 148 Å². The van der Waals surface area contributed by atoms with Crippen LogP contribution in [0.15, 0.2) is 47.5 Å². The molecule has 25 heavy (non-hydrogen) atoms. The van der Waals surface area contributed by atoms with Gasteiger partial charge in [0, 0.05) is 16.1 Å². The normalized spacial score (nSPS) is 16.4. The van der Waals surface area contributed by atoms with Gasteiger partial charge in [0.25, 0.3) is 5.91 Å². The molecule has 2 aromatic rings. The Morgan fingerprint density at radius 3 is 2.76 bits per heavy atom. The molecule has 0 aliphatic carbocycles. The number of aliphatic imine (C=N–C) groups is 1. The molecular weight excluding hydrogens is 353 g/mol. The van der Waals surface area contributed by atoms with E-state index in [0.717, 1.165) is 0 Å². The van der Waals surface area contributed by atoms with E-state index in [2.05, 4.69) is 10.3 Å². The molecule has 0 aromatic heterocycles. The van der Waals surface area contributed by atoms with Gasteiger partial charge in [-0.15, -0.1) is 0 Å². The number of hydrogen-bond donors (Lipinski definition) is 1. The molecule has 5 nitrogen and oxygen atoms in total. The van der Waals surface area contributed by atoms with Gasteiger partial charge in [0.1, 0.15) is 5.82 Å². The summed E-state index contributed by atoms with van der Waals surface area (Å²) in [6.07, 6.45) is 0. The number of anilines is 1. The molecule has 1 aliphatic heterocycles. The van der Waals surface area contributed by atoms with Crippen LogP contribution in [-0.4, -0.2) is 30.2 Å². The van der Waals surface area contributed by atoms with Crippen LogP contribution in [0.1, 0.15) is 18.1 Å². The van der Waals surface area contributed by atoms with Gasteiger partial charge in [0.15, 0.2) is 0 Å². The van der Waals surface area contributed by atoms with Gasteiger partial charge in [-0.1, -0.05) is 23.7 Å². The van der Waals surface area contributed by atoms with E-state index in [1.54, 1.807) is 37.3 Å². The molecule has 0 saturated heterocycles. The lowest BCUT2D eigenvalue weighted by molar-refractivity contribution is -0.146. The van der Waals surface area contributed by atoms with Crippen molar-refractivity contribution in [2.75, 3.05) is 11.9 Å². The molecule has 3 rings (SSSR count). The van der Waals surface area contributed by atoms with Crippen LogP contribution in [0, 0.1) is 5.82 Å². The van der Waals surface area contributed by atoms with Crippen molar-refractivity contribution >= 4 is 34.9 Å². The Bertz CT molecular complexity index is 882. The van der Waals surface area contributed by atoms with Gasteiger partial charge >= 0.3 is 5.97 Å². The highest BCUT2D eigenvalue weighted by atomic mass is 35.5. The maximum Gasteiger partial charge on any atom is 0.340 e. The number of amides is 1. The van der Waals surface area contributed by atoms with Crippen LogP contribution < -0.4 is 5.32 Å². The van der Waals surface area contributed by atoms with Gasteiger partial charge in [0.2, 0.25) is 6.04 Å². The first-order chi connectivity index (χ1) is 12.0. The summed E-state index contributed by atoms with van der Waals surface area (Å²) in [4.78, 5) is 28.7. The summed E-state index contributed by atoms with van der Waals surface area (Å²) in [5.74, 6) is -1.97. The van der Waals surface area contributed by atoms with Crippen molar-refractivity contribution in [3.8, 4) is 0 Å². The fraction of sp³-hybridized carbons (Fsp3) is 0.167. The molecule has 0 fully saturated rings. The standard InChI is InChI=1S/C18H14ClFN2O3/c1-2-25-18(24)16-17(23)21-14-8-7-10(19)9-12(14)15(22-16)11-5-3-4-6-13(11)20/h3-9,16H,2H2,1H3,(H,21,23)/i7+1,8+1,9+1,10+1,12+1,14+1. The molecule has 7 heteroatoms. The molecule has 128 valence electrons. The molecule has 1 N–H and O–H groups in total. The summed E-state index contributed by atoms with van der Waals surface area (Å²) in [7, 11) is 0. The zero-order valence-corrected chi connectivity index (χ0v) is 14.0. The molecule has 0 bridgehead atoms. The average molecular weight is 367 g/mol. The predicted octanol–water partition coefficient (Wildman–Crippen LogP) is 3.20. The number of nitrogens with one attached hydrogen (secondary N) is 1. The Balaban J connectivity index is 2.22. The molecule has 1 aliphatic rings. The Hall–Kier alpha value is -2.73. The number of benzene rings is 2. The number of ether oxygens (including phenoxy) is 1. The third-order valence-electron chi connectivity index (χ3n) is 3.64. The predicted molar refractivity (Wildman–Crippen MR) is 92.5 cm³/mol. The zero-order valence-electron chi connectivity index (χ0n) is 13.3. The fourth-order valence-electron chi connectivity index (χ4n) is 2.53. The number of nitrogens with zero attached hydrogens (tertiary/aromatic N) is 1. The van der Waals surface area contributed by atoms with E-state index >= 15 is 0 Å². The number of hydrogen-bond acceptors (Lipinski definition) is 4. The van der Waals surface area contributed by atoms with E-state index < -0.39 is 23.7 Å². The second-order valence-corrected chi connectivity index (χ2v) is 5.73. The van der Waals surface area contributed by atoms with Crippen LogP contribution in [0.5, 0.6) is 0 Å². The van der Waals surface area contributed by atoms with Gasteiger partial charge in [-0.2, -0.15) is 0 Å². The summed E-state index contributed by atoms with van der Waals surface area (Å²) in [6.45, 7) is 1.73. The van der Waals surface area contributed by atoms with E-state index in [0.29, 0.717) is 16.3 Å². The minimum Gasteiger partial charge on any atom is -0.464 e. The highest BCUT2D eigenvalue weighted by Crippen LogP contribution is 2.28. The van der Waals surface area contributed by atoms with Crippen molar-refractivity contribution in [3.63, 3.8) is 0 Å². The number of halogens is 2. The van der Waals surface area contributed by atoms with Gasteiger partial charge in [0.05, 0.1) is 18.0 Å². The summed E-state index contributed by atoms with van der Waals surface area (Å²) < 4.78 is 19.3. The lowest BCUT2D eigenvalue weighted by Crippen LogP contribution is -2.34. The Morgan fingerprint density at radius 2 is 2.04 bits per heavy atom. The zero-order chi connectivity index (χ0) is 18.0. The SMILES string of the molecule is CCOC(=O)C1N=C(c2ccccc2F)[13c]2[13cH][13c](Cl)[13cH][13cH][13c]2NC1=O. The Kier molecular flexibility index (Phi) is 4.81. The molecule has 1 amide bonds. The number of carbonyl (C=O) groups excluding carboxylic acids is 2. The minimum atomic E-state index is -1.43. The maximum absolute atomic E-state index is 14.3. The van der Waals surface area contributed by atoms with Crippen molar-refractivity contribution in [1.29, 1.82) is 0 Å². The van der Waals surface area contributed by atoms with Crippen LogP contribution in [0.2, 0.25) is 5.02 Å². The van der Waals surface area contributed by atoms with Crippen molar-refractivity contribution in [2.24, 2.45) is 4.99 Å². The number of esters is 1. The molecule has 1 heterocycles. The van der Waals surface area contributed by atoms with Gasteiger partial charge in [-0.05, 0) is 37.3 Å². The first kappa shape index (κ1) is 17.1. The molecule has 2 aromatic carbocycles. The van der Waals surface area contributed by atoms with E-state index in [-0.39, 0.29) is 17.9 Å². The smallest absolute Gasteiger partial charge is 0.340 e. The first-order valence-corrected chi connectivity index (χ1v) is 7.99. The van der Waals surface area contributed by atoms with Crippen LogP contribution in [0.4, 0.5) is 10.1 Å². The molecule has 0 spiro atoms. The van der Waals surface area contributed by atoms with E-state index in [1.165, 1.54) is 12.1 Å². The quantitative estimate of drug-likeness (QED) is 0.670. The maximum atomic E-state index is 14.3. The monoisotopic (exact) mass is 366 g/mol. The second-order valence-electron chi connectivity index (χ2n) is 5.29. The molecule has 0 saturated carbocycles. The lowest BCUT2D eigenvalue weighted by Gasteiger charge is -2.11. The van der Waals surface area contributed by atoms with Crippen molar-refractivity contribution in [2.45, 2.75) is 13.0 Å². The topological polar surface area (TPSA) is 67.8 Å². The van der Waals surface area contributed by atoms with Crippen molar-refractivity contribution < 1.29 is 18.7 Å². The number of benzodiazepines with no additional fused rings is 1. The third-order valence-corrected chi connectivity index (χ3v) is 3.88. The molecule has 1 unspecified atom stereocenters. The number of fused-ring (bicyclic) bond motifs is 1. The molecular formula is C18H14ClFN2O3. The fourth-order valence-corrected chi connectivity index (χ4v) is 2.70. The van der Waals surface area contributed by atoms with Crippen molar-refractivity contribution in [1.82, 2.24) is 0 Å². The highest BCUT2D eigenvalue weighted by molar-refractivity contribution is 6.32. The summed E-state index contributed by atoms with van der Waals surface area (Å²) in [5, 5.41) is 3.02. The van der Waals surface area contributed by atoms with Gasteiger partial charge in [-0.25, -0.2) is 9.18 Å². The highest BCUT2D eigenvalue weighted by Gasteiger charge is 2.33. The minimum absolute atomic E-state index is 0.103. The van der Waals surface area contributed by atoms with E-state index in [1.807, 2.05) is 0 Å². The van der Waals surface area contributed by atoms with Gasteiger partial charge < -0.3 is 10.1 Å². The average Bonchev–Trinajstić information content (AvgIpc) is 2.72.